The third-order valence-electron chi connectivity index (χ3n) is 3.69. The first-order chi connectivity index (χ1) is 12.1. The topological polar surface area (TPSA) is 72.7 Å². The minimum absolute atomic E-state index is 0.00771. The molecule has 0 aliphatic rings. The van der Waals surface area contributed by atoms with Gasteiger partial charge in [0, 0.05) is 22.8 Å². The summed E-state index contributed by atoms with van der Waals surface area (Å²) < 4.78 is 1.66. The Kier molecular flexibility index (Phi) is 5.45. The van der Waals surface area contributed by atoms with Crippen LogP contribution in [0.25, 0.3) is 5.69 Å². The molecule has 7 heteroatoms. The van der Waals surface area contributed by atoms with E-state index in [0.29, 0.717) is 12.2 Å². The van der Waals surface area contributed by atoms with Gasteiger partial charge in [-0.15, -0.1) is 16.9 Å². The highest BCUT2D eigenvalue weighted by Crippen LogP contribution is 2.21. The van der Waals surface area contributed by atoms with Gasteiger partial charge in [-0.05, 0) is 54.1 Å². The molecule has 25 heavy (non-hydrogen) atoms. The molecule has 0 aliphatic carbocycles. The molecule has 1 N–H and O–H groups in total. The van der Waals surface area contributed by atoms with Crippen molar-refractivity contribution < 1.29 is 4.79 Å². The van der Waals surface area contributed by atoms with Crippen LogP contribution in [0.5, 0.6) is 0 Å². The van der Waals surface area contributed by atoms with Crippen LogP contribution in [0.3, 0.4) is 0 Å². The first-order valence-electron chi connectivity index (χ1n) is 7.97. The van der Waals surface area contributed by atoms with Crippen molar-refractivity contribution in [3.05, 3.63) is 59.9 Å². The first-order valence-corrected chi connectivity index (χ1v) is 8.96. The lowest BCUT2D eigenvalue weighted by molar-refractivity contribution is -0.115. The molecule has 1 amide bonds. The molecule has 0 spiro atoms. The van der Waals surface area contributed by atoms with E-state index in [1.165, 1.54) is 4.90 Å². The highest BCUT2D eigenvalue weighted by atomic mass is 32.2. The summed E-state index contributed by atoms with van der Waals surface area (Å²) >= 11 is 1.67. The van der Waals surface area contributed by atoms with Crippen molar-refractivity contribution in [2.45, 2.75) is 25.2 Å². The van der Waals surface area contributed by atoms with Crippen LogP contribution in [0.4, 0.5) is 5.69 Å². The molecule has 128 valence electrons. The average Bonchev–Trinajstić information content (AvgIpc) is 3.03. The second kappa shape index (κ2) is 7.94. The van der Waals surface area contributed by atoms with Gasteiger partial charge in [-0.2, -0.15) is 4.68 Å². The third-order valence-corrected chi connectivity index (χ3v) is 4.70. The number of nitrogens with zero attached hydrogens (tertiary/aromatic N) is 4. The molecule has 3 aromatic rings. The van der Waals surface area contributed by atoms with Crippen LogP contribution >= 0.6 is 11.8 Å². The van der Waals surface area contributed by atoms with Gasteiger partial charge in [0.15, 0.2) is 5.82 Å². The number of carbonyl (C=O) groups excluding carboxylic acids is 1. The molecule has 0 fully saturated rings. The Morgan fingerprint density at radius 2 is 1.96 bits per heavy atom. The number of thioether (sulfide) groups is 1. The van der Waals surface area contributed by atoms with Crippen molar-refractivity contribution in [3.8, 4) is 5.69 Å². The van der Waals surface area contributed by atoms with Crippen molar-refractivity contribution in [2.24, 2.45) is 0 Å². The number of tetrazole rings is 1. The van der Waals surface area contributed by atoms with Crippen LogP contribution in [0.1, 0.15) is 17.8 Å². The Balaban J connectivity index is 1.61. The first kappa shape index (κ1) is 17.2. The van der Waals surface area contributed by atoms with Gasteiger partial charge in [-0.25, -0.2) is 0 Å². The normalized spacial score (nSPS) is 10.6. The lowest BCUT2D eigenvalue weighted by Gasteiger charge is -2.10. The molecule has 0 atom stereocenters. The minimum Gasteiger partial charge on any atom is -0.326 e. The zero-order valence-electron chi connectivity index (χ0n) is 14.1. The number of anilines is 1. The molecule has 0 saturated heterocycles. The van der Waals surface area contributed by atoms with Crippen LogP contribution < -0.4 is 5.32 Å². The SMILES string of the molecule is Cc1ccc(NC(=O)CCSc2ccccc2)cc1-n1nnnc1C. The molecule has 0 radical (unpaired) electrons. The predicted octanol–water partition coefficient (Wildman–Crippen LogP) is 3.40. The van der Waals surface area contributed by atoms with E-state index in [2.05, 4.69) is 20.8 Å². The van der Waals surface area contributed by atoms with Crippen LogP contribution in [-0.4, -0.2) is 31.9 Å². The number of aromatic nitrogens is 4. The van der Waals surface area contributed by atoms with E-state index < -0.39 is 0 Å². The average molecular weight is 353 g/mol. The summed E-state index contributed by atoms with van der Waals surface area (Å²) in [7, 11) is 0. The number of nitrogens with one attached hydrogen (secondary N) is 1. The van der Waals surface area contributed by atoms with Crippen molar-refractivity contribution >= 4 is 23.4 Å². The second-order valence-electron chi connectivity index (χ2n) is 5.60. The quantitative estimate of drug-likeness (QED) is 0.688. The molecule has 2 aromatic carbocycles. The molecule has 0 aliphatic heterocycles. The van der Waals surface area contributed by atoms with E-state index >= 15 is 0 Å². The fourth-order valence-corrected chi connectivity index (χ4v) is 3.24. The smallest absolute Gasteiger partial charge is 0.225 e. The molecular weight excluding hydrogens is 334 g/mol. The van der Waals surface area contributed by atoms with E-state index in [-0.39, 0.29) is 5.91 Å². The highest BCUT2D eigenvalue weighted by Gasteiger charge is 2.09. The number of amides is 1. The predicted molar refractivity (Wildman–Crippen MR) is 99.0 cm³/mol. The van der Waals surface area contributed by atoms with Gasteiger partial charge >= 0.3 is 0 Å². The molecule has 6 nitrogen and oxygen atoms in total. The third kappa shape index (κ3) is 4.45. The van der Waals surface area contributed by atoms with Crippen molar-refractivity contribution in [2.75, 3.05) is 11.1 Å². The molecule has 0 bridgehead atoms. The summed E-state index contributed by atoms with van der Waals surface area (Å²) in [5, 5.41) is 14.5. The van der Waals surface area contributed by atoms with Crippen molar-refractivity contribution in [1.82, 2.24) is 20.2 Å². The number of hydrogen-bond acceptors (Lipinski definition) is 5. The van der Waals surface area contributed by atoms with E-state index in [4.69, 9.17) is 0 Å². The molecular formula is C18H19N5OS. The number of rotatable bonds is 6. The number of benzene rings is 2. The van der Waals surface area contributed by atoms with Gasteiger partial charge in [0.25, 0.3) is 0 Å². The number of carbonyl (C=O) groups is 1. The van der Waals surface area contributed by atoms with Gasteiger partial charge in [-0.1, -0.05) is 24.3 Å². The highest BCUT2D eigenvalue weighted by molar-refractivity contribution is 7.99. The fourth-order valence-electron chi connectivity index (χ4n) is 2.37. The van der Waals surface area contributed by atoms with Crippen molar-refractivity contribution in [3.63, 3.8) is 0 Å². The Bertz CT molecular complexity index is 863. The van der Waals surface area contributed by atoms with Gasteiger partial charge in [0.2, 0.25) is 5.91 Å². The Labute approximate surface area is 150 Å². The maximum absolute atomic E-state index is 12.2. The zero-order chi connectivity index (χ0) is 17.6. The summed E-state index contributed by atoms with van der Waals surface area (Å²) in [5.41, 5.74) is 2.64. The van der Waals surface area contributed by atoms with Crippen LogP contribution in [0.15, 0.2) is 53.4 Å². The van der Waals surface area contributed by atoms with E-state index in [9.17, 15) is 4.79 Å². The lowest BCUT2D eigenvalue weighted by Crippen LogP contribution is -2.13. The number of aryl methyl sites for hydroxylation is 2. The Hall–Kier alpha value is -2.67. The van der Waals surface area contributed by atoms with Gasteiger partial charge < -0.3 is 5.32 Å². The maximum atomic E-state index is 12.2. The minimum atomic E-state index is -0.00771. The largest absolute Gasteiger partial charge is 0.326 e. The molecule has 0 unspecified atom stereocenters. The summed E-state index contributed by atoms with van der Waals surface area (Å²) in [6.45, 7) is 3.82. The van der Waals surface area contributed by atoms with Gasteiger partial charge in [0.1, 0.15) is 0 Å². The zero-order valence-corrected chi connectivity index (χ0v) is 15.0. The maximum Gasteiger partial charge on any atom is 0.225 e. The fraction of sp³-hybridized carbons (Fsp3) is 0.222. The Morgan fingerprint density at radius 3 is 2.68 bits per heavy atom. The standard InChI is InChI=1S/C18H19N5OS/c1-13-8-9-15(12-17(13)23-14(2)20-21-22-23)19-18(24)10-11-25-16-6-4-3-5-7-16/h3-9,12H,10-11H2,1-2H3,(H,19,24). The van der Waals surface area contributed by atoms with E-state index in [1.807, 2.05) is 62.4 Å². The summed E-state index contributed by atoms with van der Waals surface area (Å²) in [6.07, 6.45) is 0.451. The Morgan fingerprint density at radius 1 is 1.16 bits per heavy atom. The monoisotopic (exact) mass is 353 g/mol. The molecule has 1 heterocycles. The van der Waals surface area contributed by atoms with Crippen LogP contribution in [0, 0.1) is 13.8 Å². The molecule has 1 aromatic heterocycles. The summed E-state index contributed by atoms with van der Waals surface area (Å²) in [5.74, 6) is 1.43. The molecule has 3 rings (SSSR count). The summed E-state index contributed by atoms with van der Waals surface area (Å²) in [6, 6.07) is 15.8. The second-order valence-corrected chi connectivity index (χ2v) is 6.77. The van der Waals surface area contributed by atoms with Gasteiger partial charge in [-0.3, -0.25) is 4.79 Å². The summed E-state index contributed by atoms with van der Waals surface area (Å²) in [4.78, 5) is 13.3. The van der Waals surface area contributed by atoms with Gasteiger partial charge in [0.05, 0.1) is 5.69 Å². The lowest BCUT2D eigenvalue weighted by atomic mass is 10.1. The van der Waals surface area contributed by atoms with Crippen molar-refractivity contribution in [1.29, 1.82) is 0 Å². The number of hydrogen-bond donors (Lipinski definition) is 1. The van der Waals surface area contributed by atoms with E-state index in [1.54, 1.807) is 16.4 Å². The van der Waals surface area contributed by atoms with Crippen LogP contribution in [0.2, 0.25) is 0 Å². The van der Waals surface area contributed by atoms with Crippen LogP contribution in [-0.2, 0) is 4.79 Å². The van der Waals surface area contributed by atoms with E-state index in [0.717, 1.165) is 22.7 Å². The molecule has 0 saturated carbocycles.